The fourth-order valence-corrected chi connectivity index (χ4v) is 5.20. The Kier molecular flexibility index (Phi) is 8.09. The molecule has 3 heterocycles. The van der Waals surface area contributed by atoms with Crippen molar-refractivity contribution in [2.75, 3.05) is 26.7 Å². The number of piperidine rings is 1. The number of carboxylic acid groups (broad SMARTS) is 1. The van der Waals surface area contributed by atoms with E-state index in [0.29, 0.717) is 37.2 Å². The van der Waals surface area contributed by atoms with Gasteiger partial charge in [-0.1, -0.05) is 11.8 Å². The van der Waals surface area contributed by atoms with Gasteiger partial charge < -0.3 is 9.84 Å². The lowest BCUT2D eigenvalue weighted by Gasteiger charge is -2.37. The van der Waals surface area contributed by atoms with Gasteiger partial charge in [0.05, 0.1) is 35.8 Å². The number of fused-ring (bicyclic) bond motifs is 1. The molecule has 3 aromatic rings. The van der Waals surface area contributed by atoms with Gasteiger partial charge in [-0.25, -0.2) is 4.39 Å². The van der Waals surface area contributed by atoms with Gasteiger partial charge in [0.2, 0.25) is 0 Å². The van der Waals surface area contributed by atoms with E-state index in [1.165, 1.54) is 11.3 Å². The minimum atomic E-state index is -1.15. The Morgan fingerprint density at radius 2 is 2.26 bits per heavy atom. The van der Waals surface area contributed by atoms with E-state index in [9.17, 15) is 9.90 Å². The molecule has 3 atom stereocenters. The van der Waals surface area contributed by atoms with E-state index in [4.69, 9.17) is 4.74 Å². The highest BCUT2D eigenvalue weighted by atomic mass is 32.1. The van der Waals surface area contributed by atoms with Crippen molar-refractivity contribution < 1.29 is 19.0 Å². The second-order valence-corrected chi connectivity index (χ2v) is 9.52. The molecule has 4 rings (SSSR count). The van der Waals surface area contributed by atoms with Crippen LogP contribution < -0.4 is 4.74 Å². The van der Waals surface area contributed by atoms with Crippen molar-refractivity contribution in [3.05, 3.63) is 52.6 Å². The standard InChI is InChI=1S/C26H28FN3O3S/c1-33-20-5-7-25-23(14-20)22(8-10-29-25)24(27)6-4-18-9-12-30(16-19(18)13-26(31)32)11-2-3-21-15-28-17-34-21/h5,7-8,10,14-15,17-19,24H,4,6,9,11-13,16H2,1H3,(H,31,32)/t18-,19+,24-/m1/s1. The van der Waals surface area contributed by atoms with Gasteiger partial charge in [0.15, 0.2) is 0 Å². The van der Waals surface area contributed by atoms with Crippen LogP contribution in [-0.4, -0.2) is 52.7 Å². The zero-order valence-electron chi connectivity index (χ0n) is 19.1. The highest BCUT2D eigenvalue weighted by Gasteiger charge is 2.31. The number of hydrogen-bond acceptors (Lipinski definition) is 6. The first kappa shape index (κ1) is 24.1. The lowest BCUT2D eigenvalue weighted by atomic mass is 9.79. The zero-order chi connectivity index (χ0) is 23.9. The van der Waals surface area contributed by atoms with Gasteiger partial charge in [0.25, 0.3) is 0 Å². The molecule has 0 amide bonds. The van der Waals surface area contributed by atoms with Crippen LogP contribution in [0.15, 0.2) is 42.2 Å². The molecule has 1 aliphatic heterocycles. The molecule has 2 aromatic heterocycles. The van der Waals surface area contributed by atoms with E-state index in [0.717, 1.165) is 28.7 Å². The Morgan fingerprint density at radius 3 is 3.03 bits per heavy atom. The average Bonchev–Trinajstić information content (AvgIpc) is 3.36. The summed E-state index contributed by atoms with van der Waals surface area (Å²) in [7, 11) is 1.59. The molecule has 1 fully saturated rings. The third-order valence-electron chi connectivity index (χ3n) is 6.47. The predicted molar refractivity (Wildman–Crippen MR) is 131 cm³/mol. The largest absolute Gasteiger partial charge is 0.497 e. The second-order valence-electron chi connectivity index (χ2n) is 8.64. The van der Waals surface area contributed by atoms with E-state index in [2.05, 4.69) is 26.7 Å². The summed E-state index contributed by atoms with van der Waals surface area (Å²) in [6, 6.07) is 7.20. The molecule has 1 aliphatic rings. The Morgan fingerprint density at radius 1 is 1.38 bits per heavy atom. The summed E-state index contributed by atoms with van der Waals surface area (Å²) in [5, 5.41) is 10.2. The highest BCUT2D eigenvalue weighted by molar-refractivity contribution is 7.10. The average molecular weight is 482 g/mol. The Labute approximate surface area is 202 Å². The highest BCUT2D eigenvalue weighted by Crippen LogP contribution is 2.36. The number of pyridine rings is 1. The first-order valence-electron chi connectivity index (χ1n) is 11.4. The normalized spacial score (nSPS) is 19.4. The predicted octanol–water partition coefficient (Wildman–Crippen LogP) is 4.96. The number of rotatable bonds is 8. The van der Waals surface area contributed by atoms with Crippen LogP contribution in [0, 0.1) is 23.7 Å². The molecule has 178 valence electrons. The van der Waals surface area contributed by atoms with E-state index < -0.39 is 12.1 Å². The van der Waals surface area contributed by atoms with Gasteiger partial charge in [0, 0.05) is 24.5 Å². The van der Waals surface area contributed by atoms with Crippen LogP contribution in [0.25, 0.3) is 10.9 Å². The van der Waals surface area contributed by atoms with Crippen LogP contribution in [0.1, 0.15) is 42.3 Å². The van der Waals surface area contributed by atoms with Crippen LogP contribution in [0.2, 0.25) is 0 Å². The molecule has 0 spiro atoms. The van der Waals surface area contributed by atoms with Gasteiger partial charge in [-0.2, -0.15) is 0 Å². The molecule has 0 bridgehead atoms. The van der Waals surface area contributed by atoms with Crippen molar-refractivity contribution in [2.24, 2.45) is 11.8 Å². The number of carbonyl (C=O) groups is 1. The van der Waals surface area contributed by atoms with E-state index in [-0.39, 0.29) is 18.3 Å². The number of alkyl halides is 1. The monoisotopic (exact) mass is 481 g/mol. The summed E-state index contributed by atoms with van der Waals surface area (Å²) >= 11 is 1.50. The first-order chi connectivity index (χ1) is 16.5. The molecule has 1 saturated heterocycles. The molecule has 0 saturated carbocycles. The summed E-state index contributed by atoms with van der Waals surface area (Å²) in [6.45, 7) is 2.10. The smallest absolute Gasteiger partial charge is 0.303 e. The number of methoxy groups -OCH3 is 1. The van der Waals surface area contributed by atoms with Crippen molar-refractivity contribution in [2.45, 2.75) is 31.9 Å². The molecule has 0 aliphatic carbocycles. The molecule has 1 N–H and O–H groups in total. The summed E-state index contributed by atoms with van der Waals surface area (Å²) in [5.41, 5.74) is 3.09. The summed E-state index contributed by atoms with van der Waals surface area (Å²) < 4.78 is 20.7. The Balaban J connectivity index is 1.39. The number of nitrogens with zero attached hydrogens (tertiary/aromatic N) is 3. The quantitative estimate of drug-likeness (QED) is 0.459. The third-order valence-corrected chi connectivity index (χ3v) is 7.16. The molecule has 1 aromatic carbocycles. The molecule has 6 nitrogen and oxygen atoms in total. The van der Waals surface area contributed by atoms with Gasteiger partial charge in [-0.15, -0.1) is 11.3 Å². The van der Waals surface area contributed by atoms with Crippen molar-refractivity contribution in [1.82, 2.24) is 14.9 Å². The van der Waals surface area contributed by atoms with Gasteiger partial charge in [-0.3, -0.25) is 19.7 Å². The SMILES string of the molecule is COc1ccc2nccc([C@H](F)CC[C@@H]3CCN(CC#Cc4cncs4)C[C@@H]3CC(=O)O)c2c1. The molecule has 8 heteroatoms. The van der Waals surface area contributed by atoms with Gasteiger partial charge in [-0.05, 0) is 67.5 Å². The zero-order valence-corrected chi connectivity index (χ0v) is 19.9. The van der Waals surface area contributed by atoms with Crippen LogP contribution in [0.3, 0.4) is 0 Å². The van der Waals surface area contributed by atoms with Crippen molar-refractivity contribution in [1.29, 1.82) is 0 Å². The fraction of sp³-hybridized carbons (Fsp3) is 0.423. The number of halogens is 1. The molecule has 0 unspecified atom stereocenters. The van der Waals surface area contributed by atoms with Crippen molar-refractivity contribution in [3.63, 3.8) is 0 Å². The molecule has 34 heavy (non-hydrogen) atoms. The van der Waals surface area contributed by atoms with Crippen molar-refractivity contribution in [3.8, 4) is 17.6 Å². The lowest BCUT2D eigenvalue weighted by molar-refractivity contribution is -0.139. The van der Waals surface area contributed by atoms with E-state index >= 15 is 4.39 Å². The summed E-state index contributed by atoms with van der Waals surface area (Å²) in [5.74, 6) is 6.28. The third kappa shape index (κ3) is 6.10. The summed E-state index contributed by atoms with van der Waals surface area (Å²) in [4.78, 5) is 23.0. The van der Waals surface area contributed by atoms with Gasteiger partial charge >= 0.3 is 5.97 Å². The molecular weight excluding hydrogens is 453 g/mol. The van der Waals surface area contributed by atoms with Crippen LogP contribution >= 0.6 is 11.3 Å². The van der Waals surface area contributed by atoms with Crippen LogP contribution in [-0.2, 0) is 4.79 Å². The van der Waals surface area contributed by atoms with E-state index in [1.807, 2.05) is 18.2 Å². The number of aliphatic carboxylic acids is 1. The minimum Gasteiger partial charge on any atom is -0.497 e. The lowest BCUT2D eigenvalue weighted by Crippen LogP contribution is -2.41. The topological polar surface area (TPSA) is 75.5 Å². The number of benzene rings is 1. The maximum atomic E-state index is 15.4. The number of carboxylic acids is 1. The van der Waals surface area contributed by atoms with E-state index in [1.54, 1.807) is 31.1 Å². The number of hydrogen-bond donors (Lipinski definition) is 1. The second kappa shape index (κ2) is 11.4. The molecular formula is C26H28FN3O3S. The number of thiazole rings is 1. The maximum absolute atomic E-state index is 15.4. The Hall–Kier alpha value is -3.02. The number of aromatic nitrogens is 2. The number of likely N-dealkylation sites (tertiary alicyclic amines) is 1. The maximum Gasteiger partial charge on any atom is 0.303 e. The molecule has 0 radical (unpaired) electrons. The first-order valence-corrected chi connectivity index (χ1v) is 12.3. The summed E-state index contributed by atoms with van der Waals surface area (Å²) in [6.07, 6.45) is 4.16. The van der Waals surface area contributed by atoms with Crippen LogP contribution in [0.5, 0.6) is 5.75 Å². The van der Waals surface area contributed by atoms with Crippen molar-refractivity contribution >= 4 is 28.2 Å². The van der Waals surface area contributed by atoms with Gasteiger partial charge in [0.1, 0.15) is 11.9 Å². The fourth-order valence-electron chi connectivity index (χ4n) is 4.71. The minimum absolute atomic E-state index is 0.0158. The Bertz CT molecular complexity index is 1170. The number of ether oxygens (including phenoxy) is 1. The van der Waals surface area contributed by atoms with Crippen LogP contribution in [0.4, 0.5) is 4.39 Å².